The lowest BCUT2D eigenvalue weighted by Crippen LogP contribution is -2.49. The largest absolute Gasteiger partial charge is 0.504 e. The molecule has 0 radical (unpaired) electrons. The Morgan fingerprint density at radius 1 is 1.48 bits per heavy atom. The van der Waals surface area contributed by atoms with Crippen LogP contribution in [0.5, 0.6) is 11.5 Å². The summed E-state index contributed by atoms with van der Waals surface area (Å²) in [5.41, 5.74) is -2.36. The van der Waals surface area contributed by atoms with Crippen LogP contribution in [0.4, 0.5) is 18.9 Å². The molecular formula is C13H15F3N2O3. The molecule has 116 valence electrons. The van der Waals surface area contributed by atoms with E-state index in [4.69, 9.17) is 4.74 Å². The van der Waals surface area contributed by atoms with Crippen molar-refractivity contribution in [2.45, 2.75) is 12.6 Å². The molecule has 1 aromatic carbocycles. The van der Waals surface area contributed by atoms with E-state index in [1.807, 2.05) is 0 Å². The van der Waals surface area contributed by atoms with Gasteiger partial charge in [-0.3, -0.25) is 4.79 Å². The molecule has 1 amide bonds. The minimum absolute atomic E-state index is 0.0776. The number of hydrogen-bond donors (Lipinski definition) is 3. The monoisotopic (exact) mass is 304 g/mol. The van der Waals surface area contributed by atoms with Crippen molar-refractivity contribution in [1.29, 1.82) is 0 Å². The molecule has 0 aliphatic carbocycles. The lowest BCUT2D eigenvalue weighted by atomic mass is 9.85. The number of halogens is 3. The molecule has 1 atom stereocenters. The second kappa shape index (κ2) is 5.44. The van der Waals surface area contributed by atoms with Crippen LogP contribution in [-0.4, -0.2) is 37.4 Å². The van der Waals surface area contributed by atoms with Crippen molar-refractivity contribution in [2.24, 2.45) is 5.41 Å². The average molecular weight is 304 g/mol. The normalized spacial score (nSPS) is 22.1. The van der Waals surface area contributed by atoms with Crippen LogP contribution in [0, 0.1) is 5.41 Å². The predicted octanol–water partition coefficient (Wildman–Crippen LogP) is 1.88. The highest BCUT2D eigenvalue weighted by Gasteiger charge is 2.61. The number of phenolic OH excluding ortho intramolecular Hbond substituents is 1. The van der Waals surface area contributed by atoms with Crippen LogP contribution in [-0.2, 0) is 4.79 Å². The van der Waals surface area contributed by atoms with E-state index in [0.29, 0.717) is 0 Å². The van der Waals surface area contributed by atoms with Crippen molar-refractivity contribution in [2.75, 3.05) is 25.5 Å². The third kappa shape index (κ3) is 2.76. The molecule has 1 fully saturated rings. The first-order valence-electron chi connectivity index (χ1n) is 6.26. The molecule has 3 N–H and O–H groups in total. The van der Waals surface area contributed by atoms with Gasteiger partial charge in [0.05, 0.1) is 7.11 Å². The zero-order chi connectivity index (χ0) is 15.7. The minimum atomic E-state index is -4.64. The van der Waals surface area contributed by atoms with Gasteiger partial charge in [-0.1, -0.05) is 0 Å². The van der Waals surface area contributed by atoms with E-state index in [9.17, 15) is 23.1 Å². The van der Waals surface area contributed by atoms with Gasteiger partial charge in [-0.2, -0.15) is 13.2 Å². The number of anilines is 1. The summed E-state index contributed by atoms with van der Waals surface area (Å²) in [5.74, 6) is -1.23. The number of hydrogen-bond acceptors (Lipinski definition) is 4. The molecule has 0 spiro atoms. The van der Waals surface area contributed by atoms with E-state index in [0.717, 1.165) is 6.07 Å². The summed E-state index contributed by atoms with van der Waals surface area (Å²) in [5, 5.41) is 14.4. The number of rotatable bonds is 3. The smallest absolute Gasteiger partial charge is 0.404 e. The third-order valence-electron chi connectivity index (χ3n) is 3.57. The molecule has 1 aliphatic rings. The Bertz CT molecular complexity index is 540. The Balaban J connectivity index is 2.22. The molecule has 0 aromatic heterocycles. The van der Waals surface area contributed by atoms with Crippen LogP contribution >= 0.6 is 0 Å². The van der Waals surface area contributed by atoms with E-state index >= 15 is 0 Å². The topological polar surface area (TPSA) is 70.6 Å². The summed E-state index contributed by atoms with van der Waals surface area (Å²) in [7, 11) is 1.34. The zero-order valence-corrected chi connectivity index (χ0v) is 11.3. The van der Waals surface area contributed by atoms with E-state index < -0.39 is 24.0 Å². The Labute approximate surface area is 119 Å². The molecular weight excluding hydrogens is 289 g/mol. The maximum atomic E-state index is 13.2. The number of ether oxygens (including phenoxy) is 1. The van der Waals surface area contributed by atoms with Gasteiger partial charge >= 0.3 is 6.18 Å². The summed E-state index contributed by atoms with van der Waals surface area (Å²) >= 11 is 0. The Morgan fingerprint density at radius 2 is 2.19 bits per heavy atom. The second-order valence-electron chi connectivity index (χ2n) is 4.85. The van der Waals surface area contributed by atoms with Crippen LogP contribution in [0.3, 0.4) is 0 Å². The lowest BCUT2D eigenvalue weighted by Gasteiger charge is -2.29. The quantitative estimate of drug-likeness (QED) is 0.797. The Hall–Kier alpha value is -1.96. The number of alkyl halides is 3. The molecule has 1 unspecified atom stereocenters. The van der Waals surface area contributed by atoms with Crippen molar-refractivity contribution in [3.63, 3.8) is 0 Å². The maximum Gasteiger partial charge on any atom is 0.404 e. The highest BCUT2D eigenvalue weighted by Crippen LogP contribution is 2.44. The van der Waals surface area contributed by atoms with E-state index in [1.165, 1.54) is 19.2 Å². The summed E-state index contributed by atoms with van der Waals surface area (Å²) in [6, 6.07) is 3.87. The van der Waals surface area contributed by atoms with E-state index in [2.05, 4.69) is 10.6 Å². The first-order valence-corrected chi connectivity index (χ1v) is 6.26. The zero-order valence-electron chi connectivity index (χ0n) is 11.3. The van der Waals surface area contributed by atoms with Crippen molar-refractivity contribution in [3.8, 4) is 11.5 Å². The van der Waals surface area contributed by atoms with E-state index in [1.54, 1.807) is 0 Å². The van der Waals surface area contributed by atoms with Gasteiger partial charge in [0.15, 0.2) is 16.9 Å². The van der Waals surface area contributed by atoms with Crippen molar-refractivity contribution < 1.29 is 27.8 Å². The number of carbonyl (C=O) groups is 1. The van der Waals surface area contributed by atoms with Crippen LogP contribution < -0.4 is 15.4 Å². The number of methoxy groups -OCH3 is 1. The molecule has 0 bridgehead atoms. The highest BCUT2D eigenvalue weighted by atomic mass is 19.4. The van der Waals surface area contributed by atoms with Gasteiger partial charge in [-0.15, -0.1) is 0 Å². The van der Waals surface area contributed by atoms with Crippen LogP contribution in [0.25, 0.3) is 0 Å². The van der Waals surface area contributed by atoms with Crippen molar-refractivity contribution in [1.82, 2.24) is 5.32 Å². The number of nitrogens with one attached hydrogen (secondary N) is 2. The number of amides is 1. The number of phenols is 1. The minimum Gasteiger partial charge on any atom is -0.504 e. The molecule has 1 aromatic rings. The van der Waals surface area contributed by atoms with Gasteiger partial charge < -0.3 is 20.5 Å². The number of benzene rings is 1. The van der Waals surface area contributed by atoms with Gasteiger partial charge in [0.1, 0.15) is 0 Å². The molecule has 21 heavy (non-hydrogen) atoms. The summed E-state index contributed by atoms with van der Waals surface area (Å²) in [6.45, 7) is -0.328. The fraction of sp³-hybridized carbons (Fsp3) is 0.462. The van der Waals surface area contributed by atoms with Gasteiger partial charge in [0, 0.05) is 18.3 Å². The highest BCUT2D eigenvalue weighted by molar-refractivity contribution is 5.96. The van der Waals surface area contributed by atoms with E-state index in [-0.39, 0.29) is 30.2 Å². The molecule has 2 rings (SSSR count). The molecule has 1 heterocycles. The molecule has 5 nitrogen and oxygen atoms in total. The van der Waals surface area contributed by atoms with Gasteiger partial charge in [0.25, 0.3) is 0 Å². The molecule has 8 heteroatoms. The molecule has 1 aliphatic heterocycles. The van der Waals surface area contributed by atoms with Gasteiger partial charge in [-0.05, 0) is 25.1 Å². The SMILES string of the molecule is COc1ccc(NC(=O)C2(C(F)(F)F)CCNC2)cc1O. The number of aromatic hydroxyl groups is 1. The van der Waals surface area contributed by atoms with Crippen LogP contribution in [0.2, 0.25) is 0 Å². The molecule has 1 saturated heterocycles. The standard InChI is InChI=1S/C13H15F3N2O3/c1-21-10-3-2-8(6-9(10)19)18-11(20)12(13(14,15)16)4-5-17-7-12/h2-3,6,17,19H,4-5,7H2,1H3,(H,18,20). The lowest BCUT2D eigenvalue weighted by molar-refractivity contribution is -0.213. The van der Waals surface area contributed by atoms with Crippen molar-refractivity contribution in [3.05, 3.63) is 18.2 Å². The third-order valence-corrected chi connectivity index (χ3v) is 3.57. The summed E-state index contributed by atoms with van der Waals surface area (Å²) in [4.78, 5) is 12.1. The summed E-state index contributed by atoms with van der Waals surface area (Å²) in [6.07, 6.45) is -4.96. The van der Waals surface area contributed by atoms with Crippen LogP contribution in [0.1, 0.15) is 6.42 Å². The van der Waals surface area contributed by atoms with Gasteiger partial charge in [-0.25, -0.2) is 0 Å². The first kappa shape index (κ1) is 15.4. The first-order chi connectivity index (χ1) is 9.80. The van der Waals surface area contributed by atoms with Crippen molar-refractivity contribution >= 4 is 11.6 Å². The van der Waals surface area contributed by atoms with Gasteiger partial charge in [0.2, 0.25) is 5.91 Å². The second-order valence-corrected chi connectivity index (χ2v) is 4.85. The fourth-order valence-corrected chi connectivity index (χ4v) is 2.27. The fourth-order valence-electron chi connectivity index (χ4n) is 2.27. The molecule has 0 saturated carbocycles. The maximum absolute atomic E-state index is 13.2. The van der Waals surface area contributed by atoms with Crippen LogP contribution in [0.15, 0.2) is 18.2 Å². The Kier molecular flexibility index (Phi) is 3.99. The average Bonchev–Trinajstić information content (AvgIpc) is 2.89. The number of carbonyl (C=O) groups excluding carboxylic acids is 1. The Morgan fingerprint density at radius 3 is 2.67 bits per heavy atom. The summed E-state index contributed by atoms with van der Waals surface area (Å²) < 4.78 is 44.4. The predicted molar refractivity (Wildman–Crippen MR) is 69.3 cm³/mol.